The fourth-order valence-corrected chi connectivity index (χ4v) is 2.63. The fraction of sp³-hybridized carbons (Fsp3) is 0.130. The highest BCUT2D eigenvalue weighted by molar-refractivity contribution is 6.04. The van der Waals surface area contributed by atoms with Crippen LogP contribution in [-0.2, 0) is 0 Å². The Morgan fingerprint density at radius 3 is 2.04 bits per heavy atom. The molecule has 142 valence electrons. The number of methoxy groups -OCH3 is 1. The molecule has 3 rings (SSSR count). The third-order valence-corrected chi connectivity index (χ3v) is 4.29. The van der Waals surface area contributed by atoms with Crippen LogP contribution < -0.4 is 14.8 Å². The highest BCUT2D eigenvalue weighted by Crippen LogP contribution is 2.19. The van der Waals surface area contributed by atoms with E-state index in [0.29, 0.717) is 22.6 Å². The van der Waals surface area contributed by atoms with Gasteiger partial charge in [-0.1, -0.05) is 12.1 Å². The minimum absolute atomic E-state index is 0.221. The molecule has 0 saturated carbocycles. The van der Waals surface area contributed by atoms with Crippen molar-refractivity contribution in [2.24, 2.45) is 0 Å². The Hall–Kier alpha value is -3.60. The molecule has 5 heteroatoms. The largest absolute Gasteiger partial charge is 0.497 e. The quantitative estimate of drug-likeness (QED) is 0.515. The van der Waals surface area contributed by atoms with Crippen molar-refractivity contribution >= 4 is 17.6 Å². The highest BCUT2D eigenvalue weighted by atomic mass is 16.5. The standard InChI is InChI=1S/C23H21NO4/c1-15-4-5-16(2)21(14-15)24-22(25)17-6-12-20(13-7-17)28-23(26)18-8-10-19(27-3)11-9-18/h4-14H,1-3H3,(H,24,25). The van der Waals surface area contributed by atoms with Crippen LogP contribution in [0.3, 0.4) is 0 Å². The molecule has 0 spiro atoms. The molecule has 1 amide bonds. The number of nitrogens with one attached hydrogen (secondary N) is 1. The van der Waals surface area contributed by atoms with Gasteiger partial charge in [0, 0.05) is 11.3 Å². The van der Waals surface area contributed by atoms with Gasteiger partial charge in [-0.05, 0) is 79.6 Å². The first-order chi connectivity index (χ1) is 13.5. The third kappa shape index (κ3) is 4.57. The second kappa shape index (κ2) is 8.39. The van der Waals surface area contributed by atoms with E-state index in [9.17, 15) is 9.59 Å². The monoisotopic (exact) mass is 375 g/mol. The third-order valence-electron chi connectivity index (χ3n) is 4.29. The Balaban J connectivity index is 1.66. The number of benzene rings is 3. The lowest BCUT2D eigenvalue weighted by molar-refractivity contribution is 0.0734. The first-order valence-electron chi connectivity index (χ1n) is 8.81. The van der Waals surface area contributed by atoms with Gasteiger partial charge in [0.2, 0.25) is 0 Å². The maximum atomic E-state index is 12.5. The summed E-state index contributed by atoms with van der Waals surface area (Å²) in [6.45, 7) is 3.91. The number of aryl methyl sites for hydroxylation is 2. The number of rotatable bonds is 5. The number of amides is 1. The average Bonchev–Trinajstić information content (AvgIpc) is 2.71. The molecule has 3 aromatic carbocycles. The number of carbonyl (C=O) groups excluding carboxylic acids is 2. The zero-order valence-electron chi connectivity index (χ0n) is 16.0. The SMILES string of the molecule is COc1ccc(C(=O)Oc2ccc(C(=O)Nc3cc(C)ccc3C)cc2)cc1. The molecule has 0 aliphatic heterocycles. The molecule has 0 radical (unpaired) electrons. The summed E-state index contributed by atoms with van der Waals surface area (Å²) in [5.41, 5.74) is 3.73. The molecule has 1 N–H and O–H groups in total. The molecular weight excluding hydrogens is 354 g/mol. The van der Waals surface area contributed by atoms with E-state index in [4.69, 9.17) is 9.47 Å². The summed E-state index contributed by atoms with van der Waals surface area (Å²) in [7, 11) is 1.56. The summed E-state index contributed by atoms with van der Waals surface area (Å²) in [4.78, 5) is 24.7. The Labute approximate surface area is 163 Å². The summed E-state index contributed by atoms with van der Waals surface area (Å²) in [5.74, 6) is 0.330. The predicted octanol–water partition coefficient (Wildman–Crippen LogP) is 4.78. The van der Waals surface area contributed by atoms with Crippen molar-refractivity contribution in [1.82, 2.24) is 0 Å². The van der Waals surface area contributed by atoms with Crippen molar-refractivity contribution in [2.45, 2.75) is 13.8 Å². The van der Waals surface area contributed by atoms with Crippen molar-refractivity contribution < 1.29 is 19.1 Å². The van der Waals surface area contributed by atoms with Gasteiger partial charge in [-0.15, -0.1) is 0 Å². The van der Waals surface area contributed by atoms with Crippen LogP contribution in [0.5, 0.6) is 11.5 Å². The molecule has 0 fully saturated rings. The molecule has 0 atom stereocenters. The van der Waals surface area contributed by atoms with Crippen molar-refractivity contribution in [3.8, 4) is 11.5 Å². The molecule has 0 saturated heterocycles. The van der Waals surface area contributed by atoms with Gasteiger partial charge in [0.1, 0.15) is 11.5 Å². The van der Waals surface area contributed by atoms with Crippen molar-refractivity contribution in [3.63, 3.8) is 0 Å². The second-order valence-corrected chi connectivity index (χ2v) is 6.41. The Kier molecular flexibility index (Phi) is 5.75. The lowest BCUT2D eigenvalue weighted by atomic mass is 10.1. The van der Waals surface area contributed by atoms with Gasteiger partial charge >= 0.3 is 5.97 Å². The van der Waals surface area contributed by atoms with Gasteiger partial charge in [0.25, 0.3) is 5.91 Å². The van der Waals surface area contributed by atoms with E-state index in [0.717, 1.165) is 16.8 Å². The number of hydrogen-bond acceptors (Lipinski definition) is 4. The van der Waals surface area contributed by atoms with Crippen LogP contribution in [0.1, 0.15) is 31.8 Å². The van der Waals surface area contributed by atoms with E-state index in [1.54, 1.807) is 55.6 Å². The Morgan fingerprint density at radius 2 is 1.39 bits per heavy atom. The van der Waals surface area contributed by atoms with Gasteiger partial charge in [0.05, 0.1) is 12.7 Å². The van der Waals surface area contributed by atoms with Crippen LogP contribution in [0.4, 0.5) is 5.69 Å². The van der Waals surface area contributed by atoms with Gasteiger partial charge in [-0.3, -0.25) is 4.79 Å². The van der Waals surface area contributed by atoms with Crippen molar-refractivity contribution in [3.05, 3.63) is 89.0 Å². The van der Waals surface area contributed by atoms with E-state index >= 15 is 0 Å². The summed E-state index contributed by atoms with van der Waals surface area (Å²) in [5, 5.41) is 2.91. The molecule has 0 aromatic heterocycles. The smallest absolute Gasteiger partial charge is 0.343 e. The van der Waals surface area contributed by atoms with Gasteiger partial charge in [-0.25, -0.2) is 4.79 Å². The van der Waals surface area contributed by atoms with E-state index in [-0.39, 0.29) is 5.91 Å². The number of hydrogen-bond donors (Lipinski definition) is 1. The van der Waals surface area contributed by atoms with Crippen LogP contribution >= 0.6 is 0 Å². The minimum Gasteiger partial charge on any atom is -0.497 e. The van der Waals surface area contributed by atoms with E-state index in [2.05, 4.69) is 5.32 Å². The number of carbonyl (C=O) groups is 2. The topological polar surface area (TPSA) is 64.6 Å². The van der Waals surface area contributed by atoms with Crippen LogP contribution in [0.15, 0.2) is 66.7 Å². The Bertz CT molecular complexity index is 992. The summed E-state index contributed by atoms with van der Waals surface area (Å²) >= 11 is 0. The molecule has 3 aromatic rings. The average molecular weight is 375 g/mol. The number of ether oxygens (including phenoxy) is 2. The first-order valence-corrected chi connectivity index (χ1v) is 8.81. The Morgan fingerprint density at radius 1 is 0.786 bits per heavy atom. The van der Waals surface area contributed by atoms with Gasteiger partial charge in [0.15, 0.2) is 0 Å². The van der Waals surface area contributed by atoms with Crippen molar-refractivity contribution in [2.75, 3.05) is 12.4 Å². The molecule has 0 aliphatic carbocycles. The molecule has 0 bridgehead atoms. The molecule has 5 nitrogen and oxygen atoms in total. The van der Waals surface area contributed by atoms with E-state index < -0.39 is 5.97 Å². The molecule has 0 aliphatic rings. The maximum Gasteiger partial charge on any atom is 0.343 e. The summed E-state index contributed by atoms with van der Waals surface area (Å²) in [6.07, 6.45) is 0. The molecular formula is C23H21NO4. The normalized spacial score (nSPS) is 10.2. The fourth-order valence-electron chi connectivity index (χ4n) is 2.63. The van der Waals surface area contributed by atoms with Gasteiger partial charge in [-0.2, -0.15) is 0 Å². The molecule has 0 unspecified atom stereocenters. The lowest BCUT2D eigenvalue weighted by Crippen LogP contribution is -2.13. The number of anilines is 1. The lowest BCUT2D eigenvalue weighted by Gasteiger charge is -2.10. The molecule has 0 heterocycles. The van der Waals surface area contributed by atoms with E-state index in [1.165, 1.54) is 0 Å². The summed E-state index contributed by atoms with van der Waals surface area (Å²) < 4.78 is 10.4. The second-order valence-electron chi connectivity index (χ2n) is 6.41. The predicted molar refractivity (Wildman–Crippen MR) is 108 cm³/mol. The minimum atomic E-state index is -0.477. The van der Waals surface area contributed by atoms with Crippen LogP contribution in [0.25, 0.3) is 0 Å². The van der Waals surface area contributed by atoms with E-state index in [1.807, 2.05) is 32.0 Å². The highest BCUT2D eigenvalue weighted by Gasteiger charge is 2.11. The van der Waals surface area contributed by atoms with Crippen molar-refractivity contribution in [1.29, 1.82) is 0 Å². The maximum absolute atomic E-state index is 12.5. The van der Waals surface area contributed by atoms with Crippen LogP contribution in [0, 0.1) is 13.8 Å². The van der Waals surface area contributed by atoms with Crippen LogP contribution in [0.2, 0.25) is 0 Å². The number of esters is 1. The first kappa shape index (κ1) is 19.2. The zero-order chi connectivity index (χ0) is 20.1. The zero-order valence-corrected chi connectivity index (χ0v) is 16.0. The van der Waals surface area contributed by atoms with Gasteiger partial charge < -0.3 is 14.8 Å². The van der Waals surface area contributed by atoms with Crippen LogP contribution in [-0.4, -0.2) is 19.0 Å². The molecule has 28 heavy (non-hydrogen) atoms. The summed E-state index contributed by atoms with van der Waals surface area (Å²) in [6, 6.07) is 19.0.